The molecule has 0 saturated carbocycles. The van der Waals surface area contributed by atoms with Gasteiger partial charge in [-0.15, -0.1) is 0 Å². The third-order valence-electron chi connectivity index (χ3n) is 6.15. The minimum absolute atomic E-state index is 0.244. The molecule has 2 aliphatic heterocycles. The van der Waals surface area contributed by atoms with Crippen LogP contribution in [0.4, 0.5) is 24.5 Å². The zero-order valence-electron chi connectivity index (χ0n) is 19.4. The SMILES string of the molecule is Cc1nc(C(=O)Nc2ccc(N3CC[C@H](N4CCC[C@@H]4C)C3)cc2C)co1.O=C(O)C(F)(F)F. The molecule has 3 heterocycles. The lowest BCUT2D eigenvalue weighted by molar-refractivity contribution is -0.192. The van der Waals surface area contributed by atoms with Crippen LogP contribution in [0.15, 0.2) is 28.9 Å². The number of aromatic nitrogens is 1. The number of oxazole rings is 1. The highest BCUT2D eigenvalue weighted by Gasteiger charge is 2.38. The first-order chi connectivity index (χ1) is 16.0. The highest BCUT2D eigenvalue weighted by molar-refractivity contribution is 6.03. The van der Waals surface area contributed by atoms with Crippen molar-refractivity contribution >= 4 is 23.3 Å². The molecule has 11 heteroatoms. The Morgan fingerprint density at radius 3 is 2.44 bits per heavy atom. The van der Waals surface area contributed by atoms with Crippen molar-refractivity contribution in [3.63, 3.8) is 0 Å². The molecule has 0 aliphatic carbocycles. The quantitative estimate of drug-likeness (QED) is 0.673. The minimum Gasteiger partial charge on any atom is -0.475 e. The van der Waals surface area contributed by atoms with E-state index in [2.05, 4.69) is 39.2 Å². The standard InChI is InChI=1S/C21H28N4O2.C2HF3O2/c1-14-11-17(24-10-8-18(12-24)25-9-4-5-15(25)2)6-7-19(14)23-21(26)20-13-27-16(3)22-20;3-2(4,5)1(6)7/h6-7,11,13,15,18H,4-5,8-10,12H2,1-3H3,(H,23,26);(H,6,7)/t15-,18-;/m0./s1. The number of carboxylic acids is 1. The molecule has 8 nitrogen and oxygen atoms in total. The molecule has 2 aromatic rings. The van der Waals surface area contributed by atoms with Crippen molar-refractivity contribution in [2.45, 2.75) is 58.3 Å². The van der Waals surface area contributed by atoms with Gasteiger partial charge in [0.1, 0.15) is 6.26 Å². The van der Waals surface area contributed by atoms with Crippen LogP contribution in [0.2, 0.25) is 0 Å². The number of hydrogen-bond donors (Lipinski definition) is 2. The Morgan fingerprint density at radius 2 is 1.91 bits per heavy atom. The van der Waals surface area contributed by atoms with Crippen molar-refractivity contribution in [2.24, 2.45) is 0 Å². The van der Waals surface area contributed by atoms with Crippen molar-refractivity contribution in [3.8, 4) is 0 Å². The molecular weight excluding hydrogens is 453 g/mol. The van der Waals surface area contributed by atoms with Crippen LogP contribution in [0.5, 0.6) is 0 Å². The molecule has 0 radical (unpaired) electrons. The largest absolute Gasteiger partial charge is 0.490 e. The highest BCUT2D eigenvalue weighted by Crippen LogP contribution is 2.30. The van der Waals surface area contributed by atoms with E-state index >= 15 is 0 Å². The van der Waals surface area contributed by atoms with Gasteiger partial charge in [0.2, 0.25) is 0 Å². The number of nitrogens with zero attached hydrogens (tertiary/aromatic N) is 3. The molecular formula is C23H29F3N4O4. The van der Waals surface area contributed by atoms with Gasteiger partial charge < -0.3 is 19.7 Å². The number of likely N-dealkylation sites (tertiary alicyclic amines) is 1. The summed E-state index contributed by atoms with van der Waals surface area (Å²) in [5.41, 5.74) is 3.41. The van der Waals surface area contributed by atoms with Gasteiger partial charge in [-0.1, -0.05) is 0 Å². The molecule has 1 aromatic heterocycles. The van der Waals surface area contributed by atoms with E-state index in [1.54, 1.807) is 6.92 Å². The van der Waals surface area contributed by atoms with Gasteiger partial charge in [0.05, 0.1) is 0 Å². The van der Waals surface area contributed by atoms with Crippen LogP contribution in [0.25, 0.3) is 0 Å². The van der Waals surface area contributed by atoms with Crippen LogP contribution in [-0.2, 0) is 4.79 Å². The van der Waals surface area contributed by atoms with E-state index in [-0.39, 0.29) is 5.91 Å². The predicted octanol–water partition coefficient (Wildman–Crippen LogP) is 4.24. The first-order valence-electron chi connectivity index (χ1n) is 11.1. The Labute approximate surface area is 195 Å². The van der Waals surface area contributed by atoms with E-state index in [9.17, 15) is 18.0 Å². The number of carbonyl (C=O) groups excluding carboxylic acids is 1. The normalized spacial score (nSPS) is 20.7. The summed E-state index contributed by atoms with van der Waals surface area (Å²) in [6.07, 6.45) is 0.191. The van der Waals surface area contributed by atoms with Crippen LogP contribution < -0.4 is 10.2 Å². The molecule has 1 aromatic carbocycles. The van der Waals surface area contributed by atoms with Gasteiger partial charge in [-0.3, -0.25) is 9.69 Å². The first kappa shape index (κ1) is 25.5. The number of alkyl halides is 3. The summed E-state index contributed by atoms with van der Waals surface area (Å²) in [5.74, 6) is -2.51. The average Bonchev–Trinajstić information content (AvgIpc) is 3.50. The van der Waals surface area contributed by atoms with Crippen molar-refractivity contribution in [2.75, 3.05) is 29.9 Å². The van der Waals surface area contributed by atoms with Crippen LogP contribution >= 0.6 is 0 Å². The maximum atomic E-state index is 12.3. The van der Waals surface area contributed by atoms with E-state index < -0.39 is 12.1 Å². The molecule has 2 saturated heterocycles. The van der Waals surface area contributed by atoms with Crippen LogP contribution in [0, 0.1) is 13.8 Å². The Kier molecular flexibility index (Phi) is 7.86. The number of aryl methyl sites for hydroxylation is 2. The topological polar surface area (TPSA) is 98.9 Å². The van der Waals surface area contributed by atoms with Crippen molar-refractivity contribution < 1.29 is 32.3 Å². The Morgan fingerprint density at radius 1 is 1.21 bits per heavy atom. The molecule has 0 bridgehead atoms. The van der Waals surface area contributed by atoms with Gasteiger partial charge in [-0.2, -0.15) is 13.2 Å². The number of amides is 1. The second-order valence-electron chi connectivity index (χ2n) is 8.63. The van der Waals surface area contributed by atoms with Crippen molar-refractivity contribution in [1.82, 2.24) is 9.88 Å². The van der Waals surface area contributed by atoms with Crippen molar-refractivity contribution in [1.29, 1.82) is 0 Å². The lowest BCUT2D eigenvalue weighted by atomic mass is 10.1. The second kappa shape index (κ2) is 10.5. The van der Waals surface area contributed by atoms with Crippen LogP contribution in [0.1, 0.15) is 48.1 Å². The summed E-state index contributed by atoms with van der Waals surface area (Å²) in [7, 11) is 0. The minimum atomic E-state index is -5.08. The number of carboxylic acid groups (broad SMARTS) is 1. The van der Waals surface area contributed by atoms with Gasteiger partial charge in [-0.05, 0) is 63.4 Å². The molecule has 34 heavy (non-hydrogen) atoms. The number of hydrogen-bond acceptors (Lipinski definition) is 6. The van der Waals surface area contributed by atoms with Crippen LogP contribution in [-0.4, -0.2) is 64.8 Å². The van der Waals surface area contributed by atoms with Crippen molar-refractivity contribution in [3.05, 3.63) is 41.6 Å². The molecule has 2 atom stereocenters. The Balaban J connectivity index is 0.000000406. The van der Waals surface area contributed by atoms with E-state index in [0.717, 1.165) is 30.4 Å². The van der Waals surface area contributed by atoms with Gasteiger partial charge in [0.15, 0.2) is 11.6 Å². The zero-order valence-corrected chi connectivity index (χ0v) is 19.4. The second-order valence-corrected chi connectivity index (χ2v) is 8.63. The summed E-state index contributed by atoms with van der Waals surface area (Å²) in [6, 6.07) is 7.64. The summed E-state index contributed by atoms with van der Waals surface area (Å²) in [6.45, 7) is 9.54. The van der Waals surface area contributed by atoms with Gasteiger partial charge in [0.25, 0.3) is 5.91 Å². The summed E-state index contributed by atoms with van der Waals surface area (Å²) >= 11 is 0. The molecule has 2 fully saturated rings. The smallest absolute Gasteiger partial charge is 0.475 e. The first-order valence-corrected chi connectivity index (χ1v) is 11.1. The number of rotatable bonds is 4. The Hall–Kier alpha value is -3.08. The number of benzene rings is 1. The zero-order chi connectivity index (χ0) is 25.0. The predicted molar refractivity (Wildman–Crippen MR) is 120 cm³/mol. The van der Waals surface area contributed by atoms with Crippen LogP contribution in [0.3, 0.4) is 0 Å². The fourth-order valence-electron chi connectivity index (χ4n) is 4.38. The number of carbonyl (C=O) groups is 2. The molecule has 1 amide bonds. The number of nitrogens with one attached hydrogen (secondary N) is 1. The highest BCUT2D eigenvalue weighted by atomic mass is 19.4. The third kappa shape index (κ3) is 6.28. The molecule has 2 aliphatic rings. The fraction of sp³-hybridized carbons (Fsp3) is 0.522. The van der Waals surface area contributed by atoms with E-state index in [4.69, 9.17) is 14.3 Å². The summed E-state index contributed by atoms with van der Waals surface area (Å²) in [5, 5.41) is 10.1. The monoisotopic (exact) mass is 482 g/mol. The van der Waals surface area contributed by atoms with Gasteiger partial charge in [0, 0.05) is 43.5 Å². The summed E-state index contributed by atoms with van der Waals surface area (Å²) < 4.78 is 36.9. The maximum absolute atomic E-state index is 12.3. The van der Waals surface area contributed by atoms with Gasteiger partial charge >= 0.3 is 12.1 Å². The fourth-order valence-corrected chi connectivity index (χ4v) is 4.38. The molecule has 186 valence electrons. The molecule has 0 spiro atoms. The molecule has 2 N–H and O–H groups in total. The lowest BCUT2D eigenvalue weighted by Gasteiger charge is -2.28. The third-order valence-corrected chi connectivity index (χ3v) is 6.15. The van der Waals surface area contributed by atoms with E-state index in [0.29, 0.717) is 17.6 Å². The summed E-state index contributed by atoms with van der Waals surface area (Å²) in [4.78, 5) is 30.4. The molecule has 4 rings (SSSR count). The number of anilines is 2. The maximum Gasteiger partial charge on any atom is 0.490 e. The van der Waals surface area contributed by atoms with Gasteiger partial charge in [-0.25, -0.2) is 9.78 Å². The van der Waals surface area contributed by atoms with E-state index in [1.807, 2.05) is 13.0 Å². The van der Waals surface area contributed by atoms with E-state index in [1.165, 1.54) is 37.8 Å². The lowest BCUT2D eigenvalue weighted by Crippen LogP contribution is -2.39. The molecule has 0 unspecified atom stereocenters. The number of halogens is 3. The number of aliphatic carboxylic acids is 1. The average molecular weight is 483 g/mol. The Bertz CT molecular complexity index is 1020.